The Kier molecular flexibility index (Phi) is 21.8. The Balaban J connectivity index is 1.63. The molecule has 0 aromatic heterocycles. The summed E-state index contributed by atoms with van der Waals surface area (Å²) in [5.41, 5.74) is -4.29. The number of aliphatic carboxylic acids is 1. The number of carboxylic acid groups (broad SMARTS) is 1. The highest BCUT2D eigenvalue weighted by Crippen LogP contribution is 2.46. The number of methoxy groups -OCH3 is 1. The van der Waals surface area contributed by atoms with E-state index in [9.17, 15) is 59.7 Å². The van der Waals surface area contributed by atoms with Crippen LogP contribution in [0, 0.1) is 16.2 Å². The molecule has 3 saturated heterocycles. The summed E-state index contributed by atoms with van der Waals surface area (Å²) in [5.74, 6) is -3.63. The van der Waals surface area contributed by atoms with E-state index in [1.807, 2.05) is 0 Å². The first-order valence-corrected chi connectivity index (χ1v) is 21.8. The molecule has 8 N–H and O–H groups in total. The van der Waals surface area contributed by atoms with Crippen LogP contribution in [-0.4, -0.2) is 222 Å². The van der Waals surface area contributed by atoms with Crippen LogP contribution < -0.4 is 0 Å². The summed E-state index contributed by atoms with van der Waals surface area (Å²) in [5, 5.41) is 82.0. The number of likely N-dealkylation sites (tertiary alicyclic amines) is 1. The van der Waals surface area contributed by atoms with Crippen LogP contribution in [-0.2, 0) is 66.6 Å². The monoisotopic (exact) mass is 941 g/mol. The number of carbonyl (C=O) groups excluding carboxylic acids is 4. The molecule has 3 fully saturated rings. The number of ether oxygens (including phenoxy) is 9. The van der Waals surface area contributed by atoms with Crippen molar-refractivity contribution >= 4 is 29.8 Å². The van der Waals surface area contributed by atoms with E-state index in [1.54, 1.807) is 18.7 Å². The van der Waals surface area contributed by atoms with E-state index in [0.717, 1.165) is 0 Å². The Bertz CT molecular complexity index is 1550. The molecule has 0 spiro atoms. The first-order chi connectivity index (χ1) is 30.4. The molecule has 3 rings (SSSR count). The van der Waals surface area contributed by atoms with Gasteiger partial charge >= 0.3 is 23.9 Å². The topological polar surface area (TPSA) is 334 Å². The molecular weight excluding hydrogens is 870 g/mol. The van der Waals surface area contributed by atoms with Crippen LogP contribution in [0.2, 0.25) is 0 Å². The maximum atomic E-state index is 13.7. The van der Waals surface area contributed by atoms with Crippen molar-refractivity contribution in [3.8, 4) is 0 Å². The Morgan fingerprint density at radius 2 is 1.38 bits per heavy atom. The fourth-order valence-corrected chi connectivity index (χ4v) is 8.24. The van der Waals surface area contributed by atoms with Gasteiger partial charge in [-0.2, -0.15) is 0 Å². The Hall–Kier alpha value is -3.17. The van der Waals surface area contributed by atoms with E-state index in [0.29, 0.717) is 19.4 Å². The average Bonchev–Trinajstić information content (AvgIpc) is 3.66. The lowest BCUT2D eigenvalue weighted by Crippen LogP contribution is -2.64. The van der Waals surface area contributed by atoms with Crippen LogP contribution in [0.15, 0.2) is 0 Å². The third-order valence-electron chi connectivity index (χ3n) is 11.9. The van der Waals surface area contributed by atoms with Crippen molar-refractivity contribution in [2.24, 2.45) is 16.2 Å². The lowest BCUT2D eigenvalue weighted by Gasteiger charge is -2.46. The molecule has 0 aromatic rings. The maximum absolute atomic E-state index is 13.7. The predicted octanol–water partition coefficient (Wildman–Crippen LogP) is -2.34. The molecule has 3 heterocycles. The highest BCUT2D eigenvalue weighted by atomic mass is 16.7. The van der Waals surface area contributed by atoms with Crippen LogP contribution in [0.25, 0.3) is 0 Å². The number of esters is 3. The van der Waals surface area contributed by atoms with E-state index >= 15 is 0 Å². The molecule has 23 heteroatoms. The summed E-state index contributed by atoms with van der Waals surface area (Å²) < 4.78 is 49.8. The lowest BCUT2D eigenvalue weighted by atomic mass is 9.65. The second-order valence-electron chi connectivity index (χ2n) is 18.2. The molecule has 0 saturated carbocycles. The summed E-state index contributed by atoms with van der Waals surface area (Å²) in [4.78, 5) is 65.4. The van der Waals surface area contributed by atoms with Crippen molar-refractivity contribution in [2.45, 2.75) is 147 Å². The average molecular weight is 942 g/mol. The minimum Gasteiger partial charge on any atom is -0.480 e. The van der Waals surface area contributed by atoms with Crippen molar-refractivity contribution in [2.75, 3.05) is 73.1 Å². The standard InChI is InChI=1S/C42H71NO22/c1-8-41(5,38(55)60-13-12-43-11-9-10-28(43)47)22-42(6,39(56)62-16-24(45)14-44)21-40(3,4)37(54)61-17-25(46)15-58-18-26-34(57-7)32(52)33(53)36(64-26)65-35-27(19-59-20-29(48)49)63-23(2)30(50)31(35)51/h23-27,30-36,44-46,50-53H,8-22H2,1-7H3,(H,48,49). The number of carboxylic acids is 1. The SMILES string of the molecule is CCC(C)(CC(C)(CC(C)(C)C(=O)OCC(O)COCC1OC(OC2C(COCC(=O)O)OC(C)C(O)C2O)C(O)C(O)C1OC)C(=O)OCC(O)CO)C(=O)OCCN1CCCC1=O. The summed E-state index contributed by atoms with van der Waals surface area (Å²) in [6, 6.07) is 0. The van der Waals surface area contributed by atoms with E-state index in [1.165, 1.54) is 34.8 Å². The van der Waals surface area contributed by atoms with E-state index in [4.69, 9.17) is 47.7 Å². The van der Waals surface area contributed by atoms with Gasteiger partial charge in [0.25, 0.3) is 0 Å². The second-order valence-corrected chi connectivity index (χ2v) is 18.2. The molecule has 14 atom stereocenters. The number of amides is 1. The normalized spacial score (nSPS) is 30.2. The quantitative estimate of drug-likeness (QED) is 0.0316. The van der Waals surface area contributed by atoms with Crippen molar-refractivity contribution in [3.63, 3.8) is 0 Å². The number of carbonyl (C=O) groups is 5. The zero-order chi connectivity index (χ0) is 48.9. The molecule has 1 amide bonds. The van der Waals surface area contributed by atoms with Gasteiger partial charge in [-0.05, 0) is 60.3 Å². The van der Waals surface area contributed by atoms with Gasteiger partial charge in [-0.25, -0.2) is 4.79 Å². The minimum absolute atomic E-state index is 0.0307. The Morgan fingerprint density at radius 1 is 0.785 bits per heavy atom. The van der Waals surface area contributed by atoms with Gasteiger partial charge in [-0.1, -0.05) is 6.92 Å². The molecule has 65 heavy (non-hydrogen) atoms. The van der Waals surface area contributed by atoms with E-state index in [-0.39, 0.29) is 51.5 Å². The van der Waals surface area contributed by atoms with Crippen molar-refractivity contribution in [3.05, 3.63) is 0 Å². The van der Waals surface area contributed by atoms with Crippen LogP contribution in [0.1, 0.15) is 73.6 Å². The third kappa shape index (κ3) is 15.7. The molecule has 0 aliphatic carbocycles. The van der Waals surface area contributed by atoms with Gasteiger partial charge in [0, 0.05) is 20.1 Å². The van der Waals surface area contributed by atoms with Crippen LogP contribution >= 0.6 is 0 Å². The van der Waals surface area contributed by atoms with Gasteiger partial charge in [0.05, 0.1) is 55.3 Å². The maximum Gasteiger partial charge on any atom is 0.329 e. The number of hydrogen-bond acceptors (Lipinski definition) is 21. The summed E-state index contributed by atoms with van der Waals surface area (Å²) in [6.45, 7) is 6.28. The van der Waals surface area contributed by atoms with Crippen molar-refractivity contribution < 1.29 is 107 Å². The number of aliphatic hydroxyl groups excluding tert-OH is 7. The number of hydrogen-bond donors (Lipinski definition) is 8. The fraction of sp³-hybridized carbons (Fsp3) is 0.881. The molecule has 0 radical (unpaired) electrons. The minimum atomic E-state index is -1.76. The molecular formula is C42H71NO22. The van der Waals surface area contributed by atoms with Crippen molar-refractivity contribution in [1.29, 1.82) is 0 Å². The highest BCUT2D eigenvalue weighted by molar-refractivity contribution is 5.83. The van der Waals surface area contributed by atoms with E-state index < -0.39 is 147 Å². The first-order valence-electron chi connectivity index (χ1n) is 21.8. The highest BCUT2D eigenvalue weighted by Gasteiger charge is 2.52. The number of aliphatic hydroxyl groups is 7. The van der Waals surface area contributed by atoms with Gasteiger partial charge in [-0.3, -0.25) is 19.2 Å². The van der Waals surface area contributed by atoms with Gasteiger partial charge in [-0.15, -0.1) is 0 Å². The smallest absolute Gasteiger partial charge is 0.329 e. The lowest BCUT2D eigenvalue weighted by molar-refractivity contribution is -0.344. The Morgan fingerprint density at radius 3 is 1.98 bits per heavy atom. The van der Waals surface area contributed by atoms with Crippen LogP contribution in [0.5, 0.6) is 0 Å². The number of nitrogens with zero attached hydrogens (tertiary/aromatic N) is 1. The molecule has 0 bridgehead atoms. The molecule has 3 aliphatic heterocycles. The fourth-order valence-electron chi connectivity index (χ4n) is 8.24. The largest absolute Gasteiger partial charge is 0.480 e. The van der Waals surface area contributed by atoms with Crippen molar-refractivity contribution in [1.82, 2.24) is 4.90 Å². The molecule has 0 aromatic carbocycles. The van der Waals surface area contributed by atoms with Gasteiger partial charge < -0.3 is 88.4 Å². The molecule has 14 unspecified atom stereocenters. The molecule has 23 nitrogen and oxygen atoms in total. The van der Waals surface area contributed by atoms with E-state index in [2.05, 4.69) is 0 Å². The first kappa shape index (κ1) is 56.2. The summed E-state index contributed by atoms with van der Waals surface area (Å²) in [7, 11) is 1.23. The van der Waals surface area contributed by atoms with Crippen LogP contribution in [0.3, 0.4) is 0 Å². The van der Waals surface area contributed by atoms with Crippen LogP contribution in [0.4, 0.5) is 0 Å². The Labute approximate surface area is 378 Å². The zero-order valence-electron chi connectivity index (χ0n) is 38.3. The summed E-state index contributed by atoms with van der Waals surface area (Å²) in [6.07, 6.45) is -15.8. The van der Waals surface area contributed by atoms with Gasteiger partial charge in [0.2, 0.25) is 5.91 Å². The zero-order valence-corrected chi connectivity index (χ0v) is 38.3. The second kappa shape index (κ2) is 25.3. The van der Waals surface area contributed by atoms with Gasteiger partial charge in [0.15, 0.2) is 6.29 Å². The summed E-state index contributed by atoms with van der Waals surface area (Å²) >= 11 is 0. The predicted molar refractivity (Wildman–Crippen MR) is 219 cm³/mol. The molecule has 3 aliphatic rings. The third-order valence-corrected chi connectivity index (χ3v) is 11.9. The van der Waals surface area contributed by atoms with Gasteiger partial charge in [0.1, 0.15) is 87.5 Å². The molecule has 376 valence electrons. The number of rotatable bonds is 27.